The monoisotopic (exact) mass is 276 g/mol. The van der Waals surface area contributed by atoms with Crippen LogP contribution in [0.25, 0.3) is 11.1 Å². The van der Waals surface area contributed by atoms with Gasteiger partial charge in [0.15, 0.2) is 0 Å². The normalized spacial score (nSPS) is 16.7. The van der Waals surface area contributed by atoms with E-state index >= 15 is 0 Å². The zero-order valence-electron chi connectivity index (χ0n) is 10.7. The molecule has 100 valence electrons. The molecule has 0 bridgehead atoms. The lowest BCUT2D eigenvalue weighted by Gasteiger charge is -2.21. The van der Waals surface area contributed by atoms with Crippen molar-refractivity contribution >= 4 is 11.6 Å². The molecule has 3 nitrogen and oxygen atoms in total. The van der Waals surface area contributed by atoms with Crippen LogP contribution in [0.3, 0.4) is 0 Å². The molecule has 1 saturated heterocycles. The minimum absolute atomic E-state index is 0.687. The summed E-state index contributed by atoms with van der Waals surface area (Å²) in [4.78, 5) is 0. The van der Waals surface area contributed by atoms with Crippen LogP contribution >= 0.6 is 11.6 Å². The molecule has 0 unspecified atom stereocenters. The molecule has 4 heteroatoms. The molecule has 3 rings (SSSR count). The highest BCUT2D eigenvalue weighted by Gasteiger charge is 2.18. The van der Waals surface area contributed by atoms with Crippen molar-refractivity contribution in [3.63, 3.8) is 0 Å². The second-order valence-corrected chi connectivity index (χ2v) is 5.51. The molecule has 0 atom stereocenters. The van der Waals surface area contributed by atoms with Crippen molar-refractivity contribution in [1.82, 2.24) is 10.5 Å². The van der Waals surface area contributed by atoms with Crippen molar-refractivity contribution in [3.8, 4) is 11.1 Å². The lowest BCUT2D eigenvalue weighted by atomic mass is 9.91. The molecule has 19 heavy (non-hydrogen) atoms. The summed E-state index contributed by atoms with van der Waals surface area (Å²) in [5.74, 6) is 1.67. The van der Waals surface area contributed by atoms with Gasteiger partial charge in [-0.3, -0.25) is 0 Å². The third-order valence-corrected chi connectivity index (χ3v) is 3.95. The van der Waals surface area contributed by atoms with Gasteiger partial charge in [0, 0.05) is 17.0 Å². The van der Waals surface area contributed by atoms with Gasteiger partial charge in [0.2, 0.25) is 0 Å². The van der Waals surface area contributed by atoms with E-state index in [-0.39, 0.29) is 0 Å². The number of piperidine rings is 1. The predicted molar refractivity (Wildman–Crippen MR) is 76.2 cm³/mol. The van der Waals surface area contributed by atoms with Crippen molar-refractivity contribution in [2.45, 2.75) is 19.3 Å². The van der Waals surface area contributed by atoms with E-state index in [9.17, 15) is 0 Å². The molecule has 1 aromatic heterocycles. The fourth-order valence-electron chi connectivity index (χ4n) is 2.65. The third kappa shape index (κ3) is 2.99. The predicted octanol–water partition coefficient (Wildman–Crippen LogP) is 3.54. The van der Waals surface area contributed by atoms with E-state index in [4.69, 9.17) is 16.1 Å². The van der Waals surface area contributed by atoms with Gasteiger partial charge in [-0.15, -0.1) is 0 Å². The minimum Gasteiger partial charge on any atom is -0.361 e. The van der Waals surface area contributed by atoms with Crippen LogP contribution in [0, 0.1) is 5.92 Å². The molecule has 2 aromatic rings. The molecule has 1 aliphatic heterocycles. The maximum Gasteiger partial charge on any atom is 0.144 e. The smallest absolute Gasteiger partial charge is 0.144 e. The van der Waals surface area contributed by atoms with Crippen LogP contribution in [0.1, 0.15) is 18.6 Å². The summed E-state index contributed by atoms with van der Waals surface area (Å²) in [5, 5.41) is 8.09. The molecule has 1 aromatic carbocycles. The highest BCUT2D eigenvalue weighted by atomic mass is 35.5. The van der Waals surface area contributed by atoms with Crippen LogP contribution in [0.15, 0.2) is 35.0 Å². The minimum atomic E-state index is 0.687. The lowest BCUT2D eigenvalue weighted by Crippen LogP contribution is -2.28. The van der Waals surface area contributed by atoms with Gasteiger partial charge in [0.05, 0.1) is 6.20 Å². The van der Waals surface area contributed by atoms with Crippen molar-refractivity contribution in [2.24, 2.45) is 5.92 Å². The molecular weight excluding hydrogens is 260 g/mol. The Morgan fingerprint density at radius 3 is 2.95 bits per heavy atom. The quantitative estimate of drug-likeness (QED) is 0.932. The molecule has 1 fully saturated rings. The van der Waals surface area contributed by atoms with Crippen LogP contribution in [0.5, 0.6) is 0 Å². The lowest BCUT2D eigenvalue weighted by molar-refractivity contribution is 0.319. The molecule has 0 aliphatic carbocycles. The molecule has 1 N–H and O–H groups in total. The van der Waals surface area contributed by atoms with Gasteiger partial charge in [0.1, 0.15) is 5.76 Å². The average molecular weight is 277 g/mol. The summed E-state index contributed by atoms with van der Waals surface area (Å²) < 4.78 is 5.45. The van der Waals surface area contributed by atoms with Crippen molar-refractivity contribution < 1.29 is 4.52 Å². The van der Waals surface area contributed by atoms with Crippen LogP contribution in [0.4, 0.5) is 0 Å². The maximum atomic E-state index is 6.05. The second-order valence-electron chi connectivity index (χ2n) is 5.07. The Morgan fingerprint density at radius 2 is 2.16 bits per heavy atom. The number of aromatic nitrogens is 1. The molecule has 0 saturated carbocycles. The molecule has 0 spiro atoms. The molecule has 2 heterocycles. The standard InChI is InChI=1S/C15H17ClN2O/c16-13-3-1-2-12(9-13)14-10-18-19-15(14)8-11-4-6-17-7-5-11/h1-3,9-11,17H,4-8H2. The number of nitrogens with one attached hydrogen (secondary N) is 1. The van der Waals surface area contributed by atoms with Gasteiger partial charge in [-0.05, 0) is 49.5 Å². The molecule has 1 aliphatic rings. The number of hydrogen-bond donors (Lipinski definition) is 1. The highest BCUT2D eigenvalue weighted by Crippen LogP contribution is 2.29. The first-order valence-corrected chi connectivity index (χ1v) is 7.11. The highest BCUT2D eigenvalue weighted by molar-refractivity contribution is 6.30. The van der Waals surface area contributed by atoms with Crippen molar-refractivity contribution in [1.29, 1.82) is 0 Å². The van der Waals surface area contributed by atoms with E-state index in [0.717, 1.165) is 41.4 Å². The summed E-state index contributed by atoms with van der Waals surface area (Å²) in [7, 11) is 0. The van der Waals surface area contributed by atoms with Crippen LogP contribution in [-0.4, -0.2) is 18.2 Å². The average Bonchev–Trinajstić information content (AvgIpc) is 2.88. The van der Waals surface area contributed by atoms with Gasteiger partial charge >= 0.3 is 0 Å². The van der Waals surface area contributed by atoms with E-state index in [2.05, 4.69) is 10.5 Å². The van der Waals surface area contributed by atoms with Crippen LogP contribution in [0.2, 0.25) is 5.02 Å². The Balaban J connectivity index is 1.81. The Morgan fingerprint density at radius 1 is 1.32 bits per heavy atom. The fourth-order valence-corrected chi connectivity index (χ4v) is 2.84. The van der Waals surface area contributed by atoms with E-state index in [0.29, 0.717) is 5.92 Å². The van der Waals surface area contributed by atoms with Crippen molar-refractivity contribution in [2.75, 3.05) is 13.1 Å². The van der Waals surface area contributed by atoms with E-state index in [1.807, 2.05) is 24.3 Å². The van der Waals surface area contributed by atoms with Crippen LogP contribution < -0.4 is 5.32 Å². The number of benzene rings is 1. The summed E-state index contributed by atoms with van der Waals surface area (Å²) in [6.07, 6.45) is 5.16. The zero-order valence-corrected chi connectivity index (χ0v) is 11.5. The summed E-state index contributed by atoms with van der Waals surface area (Å²) in [5.41, 5.74) is 2.15. The number of hydrogen-bond acceptors (Lipinski definition) is 3. The van der Waals surface area contributed by atoms with E-state index in [1.54, 1.807) is 6.20 Å². The van der Waals surface area contributed by atoms with Gasteiger partial charge in [-0.25, -0.2) is 0 Å². The van der Waals surface area contributed by atoms with Crippen LogP contribution in [-0.2, 0) is 6.42 Å². The summed E-state index contributed by atoms with van der Waals surface area (Å²) in [6.45, 7) is 2.20. The Hall–Kier alpha value is -1.32. The first-order valence-electron chi connectivity index (χ1n) is 6.73. The molecule has 0 radical (unpaired) electrons. The van der Waals surface area contributed by atoms with E-state index in [1.165, 1.54) is 12.8 Å². The number of nitrogens with zero attached hydrogens (tertiary/aromatic N) is 1. The Kier molecular flexibility index (Phi) is 3.85. The van der Waals surface area contributed by atoms with Crippen molar-refractivity contribution in [3.05, 3.63) is 41.2 Å². The molecule has 0 amide bonds. The largest absolute Gasteiger partial charge is 0.361 e. The summed E-state index contributed by atoms with van der Waals surface area (Å²) in [6, 6.07) is 7.84. The van der Waals surface area contributed by atoms with Gasteiger partial charge in [0.25, 0.3) is 0 Å². The number of halogens is 1. The Bertz CT molecular complexity index is 547. The fraction of sp³-hybridized carbons (Fsp3) is 0.400. The first-order chi connectivity index (χ1) is 9.33. The topological polar surface area (TPSA) is 38.1 Å². The van der Waals surface area contributed by atoms with E-state index < -0.39 is 0 Å². The second kappa shape index (κ2) is 5.76. The van der Waals surface area contributed by atoms with Gasteiger partial charge in [-0.2, -0.15) is 0 Å². The third-order valence-electron chi connectivity index (χ3n) is 3.71. The van der Waals surface area contributed by atoms with Gasteiger partial charge in [-0.1, -0.05) is 28.9 Å². The SMILES string of the molecule is Clc1cccc(-c2cnoc2CC2CCNCC2)c1. The van der Waals surface area contributed by atoms with Gasteiger partial charge < -0.3 is 9.84 Å². The maximum absolute atomic E-state index is 6.05. The molecular formula is C15H17ClN2O. The Labute approximate surface area is 117 Å². The first kappa shape index (κ1) is 12.7. The zero-order chi connectivity index (χ0) is 13.1. The number of rotatable bonds is 3. The summed E-state index contributed by atoms with van der Waals surface area (Å²) >= 11 is 6.05.